The SMILES string of the molecule is C[C@H]1CCc2ccccc2N1C(=O)[C@H]1CCCO1. The summed E-state index contributed by atoms with van der Waals surface area (Å²) in [6, 6.07) is 8.50. The molecular formula is C15H19NO2. The highest BCUT2D eigenvalue weighted by molar-refractivity contribution is 5.98. The van der Waals surface area contributed by atoms with E-state index in [0.717, 1.165) is 38.0 Å². The van der Waals surface area contributed by atoms with E-state index >= 15 is 0 Å². The summed E-state index contributed by atoms with van der Waals surface area (Å²) in [5.41, 5.74) is 2.36. The highest BCUT2D eigenvalue weighted by Crippen LogP contribution is 2.32. The monoisotopic (exact) mass is 245 g/mol. The minimum Gasteiger partial charge on any atom is -0.368 e. The number of fused-ring (bicyclic) bond motifs is 1. The van der Waals surface area contributed by atoms with Crippen molar-refractivity contribution in [1.82, 2.24) is 0 Å². The molecule has 0 unspecified atom stereocenters. The van der Waals surface area contributed by atoms with Gasteiger partial charge in [0.1, 0.15) is 6.10 Å². The lowest BCUT2D eigenvalue weighted by atomic mass is 9.96. The number of aryl methyl sites for hydroxylation is 1. The Labute approximate surface area is 108 Å². The van der Waals surface area contributed by atoms with Gasteiger partial charge in [0.05, 0.1) is 0 Å². The molecule has 3 rings (SSSR count). The maximum atomic E-state index is 12.6. The number of carbonyl (C=O) groups excluding carboxylic acids is 1. The Morgan fingerprint density at radius 1 is 1.33 bits per heavy atom. The van der Waals surface area contributed by atoms with E-state index in [2.05, 4.69) is 19.1 Å². The van der Waals surface area contributed by atoms with Crippen LogP contribution in [0.5, 0.6) is 0 Å². The van der Waals surface area contributed by atoms with Crippen molar-refractivity contribution in [1.29, 1.82) is 0 Å². The summed E-state index contributed by atoms with van der Waals surface area (Å²) >= 11 is 0. The van der Waals surface area contributed by atoms with Crippen molar-refractivity contribution in [2.75, 3.05) is 11.5 Å². The average molecular weight is 245 g/mol. The first kappa shape index (κ1) is 11.7. The van der Waals surface area contributed by atoms with E-state index in [0.29, 0.717) is 0 Å². The summed E-state index contributed by atoms with van der Waals surface area (Å²) in [7, 11) is 0. The normalized spacial score (nSPS) is 27.1. The van der Waals surface area contributed by atoms with Gasteiger partial charge in [-0.15, -0.1) is 0 Å². The molecule has 0 aromatic heterocycles. The van der Waals surface area contributed by atoms with Crippen molar-refractivity contribution in [3.05, 3.63) is 29.8 Å². The van der Waals surface area contributed by atoms with Crippen LogP contribution in [0.4, 0.5) is 5.69 Å². The van der Waals surface area contributed by atoms with E-state index in [4.69, 9.17) is 4.74 Å². The van der Waals surface area contributed by atoms with Gasteiger partial charge in [0.2, 0.25) is 0 Å². The summed E-state index contributed by atoms with van der Waals surface area (Å²) in [6.07, 6.45) is 3.74. The van der Waals surface area contributed by atoms with Crippen LogP contribution in [0.1, 0.15) is 31.7 Å². The van der Waals surface area contributed by atoms with Crippen LogP contribution in [0.2, 0.25) is 0 Å². The Morgan fingerprint density at radius 2 is 2.17 bits per heavy atom. The fourth-order valence-electron chi connectivity index (χ4n) is 2.95. The molecule has 1 aromatic rings. The molecule has 18 heavy (non-hydrogen) atoms. The zero-order chi connectivity index (χ0) is 12.5. The number of amides is 1. The Kier molecular flexibility index (Phi) is 3.08. The highest BCUT2D eigenvalue weighted by Gasteiger charge is 2.34. The van der Waals surface area contributed by atoms with E-state index in [-0.39, 0.29) is 18.1 Å². The standard InChI is InChI=1S/C15H19NO2/c1-11-8-9-12-5-2-3-6-13(12)16(11)15(17)14-7-4-10-18-14/h2-3,5-6,11,14H,4,7-10H2,1H3/t11-,14+/m0/s1. The van der Waals surface area contributed by atoms with Gasteiger partial charge in [0.15, 0.2) is 0 Å². The Bertz CT molecular complexity index is 452. The maximum absolute atomic E-state index is 12.6. The third-order valence-electron chi connectivity index (χ3n) is 3.97. The van der Waals surface area contributed by atoms with Crippen LogP contribution in [0.3, 0.4) is 0 Å². The summed E-state index contributed by atoms with van der Waals surface area (Å²) in [5, 5.41) is 0. The fraction of sp³-hybridized carbons (Fsp3) is 0.533. The van der Waals surface area contributed by atoms with Gasteiger partial charge in [0, 0.05) is 18.3 Å². The van der Waals surface area contributed by atoms with Gasteiger partial charge in [-0.3, -0.25) is 4.79 Å². The second kappa shape index (κ2) is 4.73. The number of rotatable bonds is 1. The van der Waals surface area contributed by atoms with E-state index in [1.807, 2.05) is 17.0 Å². The molecule has 1 fully saturated rings. The van der Waals surface area contributed by atoms with Crippen molar-refractivity contribution < 1.29 is 9.53 Å². The first-order valence-electron chi connectivity index (χ1n) is 6.80. The summed E-state index contributed by atoms with van der Waals surface area (Å²) in [6.45, 7) is 2.85. The summed E-state index contributed by atoms with van der Waals surface area (Å²) in [5.74, 6) is 0.146. The zero-order valence-electron chi connectivity index (χ0n) is 10.8. The number of nitrogens with zero attached hydrogens (tertiary/aromatic N) is 1. The Morgan fingerprint density at radius 3 is 2.94 bits per heavy atom. The molecule has 3 nitrogen and oxygen atoms in total. The zero-order valence-corrected chi connectivity index (χ0v) is 10.8. The molecule has 1 amide bonds. The predicted octanol–water partition coefficient (Wildman–Crippen LogP) is 2.53. The van der Waals surface area contributed by atoms with Crippen molar-refractivity contribution in [2.45, 2.75) is 44.8 Å². The van der Waals surface area contributed by atoms with Crippen LogP contribution in [0, 0.1) is 0 Å². The van der Waals surface area contributed by atoms with E-state index in [1.165, 1.54) is 5.56 Å². The minimum atomic E-state index is -0.224. The van der Waals surface area contributed by atoms with Crippen LogP contribution < -0.4 is 4.90 Å². The molecule has 1 aromatic carbocycles. The number of anilines is 1. The average Bonchev–Trinajstić information content (AvgIpc) is 2.92. The molecule has 0 N–H and O–H groups in total. The van der Waals surface area contributed by atoms with Gasteiger partial charge in [-0.25, -0.2) is 0 Å². The van der Waals surface area contributed by atoms with E-state index in [1.54, 1.807) is 0 Å². The van der Waals surface area contributed by atoms with Gasteiger partial charge in [0.25, 0.3) is 5.91 Å². The van der Waals surface area contributed by atoms with Crippen LogP contribution in [-0.4, -0.2) is 24.7 Å². The first-order chi connectivity index (χ1) is 8.77. The maximum Gasteiger partial charge on any atom is 0.256 e. The van der Waals surface area contributed by atoms with Gasteiger partial charge in [-0.1, -0.05) is 18.2 Å². The molecule has 2 atom stereocenters. The smallest absolute Gasteiger partial charge is 0.256 e. The fourth-order valence-corrected chi connectivity index (χ4v) is 2.95. The second-order valence-corrected chi connectivity index (χ2v) is 5.23. The molecule has 3 heteroatoms. The van der Waals surface area contributed by atoms with Crippen LogP contribution in [0.25, 0.3) is 0 Å². The molecule has 0 aliphatic carbocycles. The van der Waals surface area contributed by atoms with Crippen molar-refractivity contribution in [3.8, 4) is 0 Å². The number of carbonyl (C=O) groups is 1. The lowest BCUT2D eigenvalue weighted by molar-refractivity contribution is -0.127. The van der Waals surface area contributed by atoms with Gasteiger partial charge >= 0.3 is 0 Å². The first-order valence-corrected chi connectivity index (χ1v) is 6.80. The third-order valence-corrected chi connectivity index (χ3v) is 3.97. The Hall–Kier alpha value is -1.35. The number of benzene rings is 1. The van der Waals surface area contributed by atoms with Crippen LogP contribution in [0.15, 0.2) is 24.3 Å². The molecule has 2 heterocycles. The number of ether oxygens (including phenoxy) is 1. The number of hydrogen-bond acceptors (Lipinski definition) is 2. The van der Waals surface area contributed by atoms with Gasteiger partial charge < -0.3 is 9.64 Å². The summed E-state index contributed by atoms with van der Waals surface area (Å²) < 4.78 is 5.54. The van der Waals surface area contributed by atoms with Crippen molar-refractivity contribution >= 4 is 11.6 Å². The van der Waals surface area contributed by atoms with E-state index < -0.39 is 0 Å². The van der Waals surface area contributed by atoms with Crippen molar-refractivity contribution in [3.63, 3.8) is 0 Å². The molecular weight excluding hydrogens is 226 g/mol. The van der Waals surface area contributed by atoms with Crippen LogP contribution in [-0.2, 0) is 16.0 Å². The minimum absolute atomic E-state index is 0.146. The number of hydrogen-bond donors (Lipinski definition) is 0. The van der Waals surface area contributed by atoms with Gasteiger partial charge in [-0.05, 0) is 44.2 Å². The molecule has 2 aliphatic heterocycles. The lowest BCUT2D eigenvalue weighted by Crippen LogP contribution is -2.47. The molecule has 0 saturated carbocycles. The third kappa shape index (κ3) is 1.93. The largest absolute Gasteiger partial charge is 0.368 e. The molecule has 96 valence electrons. The number of para-hydroxylation sites is 1. The quantitative estimate of drug-likeness (QED) is 0.761. The lowest BCUT2D eigenvalue weighted by Gasteiger charge is -2.36. The summed E-state index contributed by atoms with van der Waals surface area (Å²) in [4.78, 5) is 14.5. The topological polar surface area (TPSA) is 29.5 Å². The molecule has 0 bridgehead atoms. The Balaban J connectivity index is 1.92. The molecule has 0 radical (unpaired) electrons. The highest BCUT2D eigenvalue weighted by atomic mass is 16.5. The second-order valence-electron chi connectivity index (χ2n) is 5.23. The van der Waals surface area contributed by atoms with E-state index in [9.17, 15) is 4.79 Å². The van der Waals surface area contributed by atoms with Crippen molar-refractivity contribution in [2.24, 2.45) is 0 Å². The van der Waals surface area contributed by atoms with Crippen LogP contribution >= 0.6 is 0 Å². The predicted molar refractivity (Wildman–Crippen MR) is 70.7 cm³/mol. The molecule has 0 spiro atoms. The molecule has 2 aliphatic rings. The van der Waals surface area contributed by atoms with Gasteiger partial charge in [-0.2, -0.15) is 0 Å². The molecule has 1 saturated heterocycles.